The molecule has 17 nitrogen and oxygen atoms in total. The van der Waals surface area contributed by atoms with Gasteiger partial charge >= 0.3 is 30.2 Å². The summed E-state index contributed by atoms with van der Waals surface area (Å²) in [6.07, 6.45) is -0.866. The largest absolute Gasteiger partial charge is 0.493 e. The molecule has 22 heteroatoms. The van der Waals surface area contributed by atoms with Crippen LogP contribution in [0.5, 0.6) is 17.2 Å². The Bertz CT molecular complexity index is 3230. The number of amides is 4. The SMILES string of the molecule is CCCCOc1ccc(-c2ccc(OCCCC)c(C[C@H](NC(=O)OCc3ccccc3)C(=O)Oc3c(F)c(F)c(F)c(F)c3F)c2)cc1C[C@H](NC(=O)[C@H](CCCNC(=O)OCc1ccccc1)NC(=O)OC(C)(C)C)C(=O)OCc1ccccc1. The minimum atomic E-state index is -2.49. The molecule has 0 radical (unpaired) electrons. The van der Waals surface area contributed by atoms with Crippen LogP contribution in [0.15, 0.2) is 127 Å². The Hall–Kier alpha value is -9.21. The highest BCUT2D eigenvalue weighted by molar-refractivity contribution is 5.90. The third-order valence-electron chi connectivity index (χ3n) is 13.0. The Morgan fingerprint density at radius 2 is 0.920 bits per heavy atom. The maximum absolute atomic E-state index is 15.0. The lowest BCUT2D eigenvalue weighted by atomic mass is 9.95. The van der Waals surface area contributed by atoms with E-state index in [1.54, 1.807) is 130 Å². The van der Waals surface area contributed by atoms with Crippen molar-refractivity contribution >= 4 is 36.1 Å². The number of unbranched alkanes of at least 4 members (excludes halogenated alkanes) is 2. The van der Waals surface area contributed by atoms with Crippen LogP contribution in [0.2, 0.25) is 0 Å². The van der Waals surface area contributed by atoms with E-state index in [1.165, 1.54) is 0 Å². The summed E-state index contributed by atoms with van der Waals surface area (Å²) >= 11 is 0. The summed E-state index contributed by atoms with van der Waals surface area (Å²) in [7, 11) is 0. The predicted molar refractivity (Wildman–Crippen MR) is 311 cm³/mol. The third-order valence-corrected chi connectivity index (χ3v) is 13.0. The van der Waals surface area contributed by atoms with Gasteiger partial charge in [0.1, 0.15) is 55.0 Å². The Morgan fingerprint density at radius 1 is 0.483 bits per heavy atom. The van der Waals surface area contributed by atoms with Crippen molar-refractivity contribution in [3.63, 3.8) is 0 Å². The molecular formula is C65H71F5N4O13. The number of benzene rings is 6. The van der Waals surface area contributed by atoms with Crippen LogP contribution in [0.4, 0.5) is 36.3 Å². The molecule has 3 atom stereocenters. The summed E-state index contributed by atoms with van der Waals surface area (Å²) in [6.45, 7) is 8.84. The quantitative estimate of drug-likeness (QED) is 0.00629. The molecule has 4 N–H and O–H groups in total. The number of carbonyl (C=O) groups excluding carboxylic acids is 6. The van der Waals surface area contributed by atoms with Gasteiger partial charge in [0, 0.05) is 19.4 Å². The molecular weight excluding hydrogens is 1140 g/mol. The van der Waals surface area contributed by atoms with Crippen LogP contribution >= 0.6 is 0 Å². The molecule has 0 aliphatic rings. The van der Waals surface area contributed by atoms with Crippen molar-refractivity contribution in [1.29, 1.82) is 0 Å². The van der Waals surface area contributed by atoms with E-state index in [0.29, 0.717) is 52.8 Å². The van der Waals surface area contributed by atoms with Crippen molar-refractivity contribution in [2.75, 3.05) is 19.8 Å². The van der Waals surface area contributed by atoms with E-state index in [2.05, 4.69) is 21.3 Å². The van der Waals surface area contributed by atoms with Gasteiger partial charge in [0.05, 0.1) is 13.2 Å². The van der Waals surface area contributed by atoms with Crippen molar-refractivity contribution in [2.24, 2.45) is 0 Å². The van der Waals surface area contributed by atoms with E-state index in [1.807, 2.05) is 32.0 Å². The highest BCUT2D eigenvalue weighted by Gasteiger charge is 2.34. The van der Waals surface area contributed by atoms with E-state index in [4.69, 9.17) is 33.2 Å². The number of alkyl carbamates (subject to hydrolysis) is 3. The molecule has 87 heavy (non-hydrogen) atoms. The van der Waals surface area contributed by atoms with Gasteiger partial charge in [-0.2, -0.15) is 8.78 Å². The summed E-state index contributed by atoms with van der Waals surface area (Å²) in [4.78, 5) is 82.2. The van der Waals surface area contributed by atoms with Crippen LogP contribution in [0.25, 0.3) is 11.1 Å². The molecule has 0 aliphatic heterocycles. The summed E-state index contributed by atoms with van der Waals surface area (Å²) in [6, 6.07) is 31.4. The summed E-state index contributed by atoms with van der Waals surface area (Å²) < 4.78 is 112. The fourth-order valence-corrected chi connectivity index (χ4v) is 8.44. The molecule has 0 unspecified atom stereocenters. The van der Waals surface area contributed by atoms with E-state index in [9.17, 15) is 50.7 Å². The summed E-state index contributed by atoms with van der Waals surface area (Å²) in [5.74, 6) is -16.8. The lowest BCUT2D eigenvalue weighted by Gasteiger charge is -2.25. The standard InChI is InChI=1S/C65H71F5N4O13/c1-6-8-32-81-51-29-27-44(45-28-30-52(82-33-9-7-2)47(35-45)37-50(74-63(79)85-40-43-24-17-12-18-25-43)61(77)86-58-56(69)54(67)53(66)55(68)57(58)70)34-46(51)36-49(60(76)83-38-41-20-13-10-14-21-41)72-59(75)48(73-64(80)87-65(3,4)5)26-19-31-71-62(78)84-39-42-22-15-11-16-23-42/h10-18,20-25,27-30,34-35,48-50H,6-9,19,26,31-33,36-40H2,1-5H3,(H,71,78)(H,72,75)(H,73,80)(H,74,79)/t48-,49-,50-/m0/s1. The van der Waals surface area contributed by atoms with Crippen LogP contribution in [0.3, 0.4) is 0 Å². The second-order valence-corrected chi connectivity index (χ2v) is 21.0. The number of rotatable bonds is 30. The molecule has 6 aromatic carbocycles. The molecule has 0 aliphatic carbocycles. The molecule has 0 aromatic heterocycles. The van der Waals surface area contributed by atoms with Crippen molar-refractivity contribution < 1.29 is 83.9 Å². The van der Waals surface area contributed by atoms with Gasteiger partial charge in [0.15, 0.2) is 0 Å². The average molecular weight is 1210 g/mol. The van der Waals surface area contributed by atoms with Gasteiger partial charge in [-0.1, -0.05) is 130 Å². The number of hydrogen-bond donors (Lipinski definition) is 4. The van der Waals surface area contributed by atoms with E-state index in [-0.39, 0.29) is 70.2 Å². The molecule has 0 fully saturated rings. The maximum Gasteiger partial charge on any atom is 0.408 e. The van der Waals surface area contributed by atoms with Gasteiger partial charge in [-0.25, -0.2) is 37.1 Å². The maximum atomic E-state index is 15.0. The molecule has 0 saturated heterocycles. The monoisotopic (exact) mass is 1210 g/mol. The molecule has 0 spiro atoms. The van der Waals surface area contributed by atoms with Gasteiger partial charge in [-0.3, -0.25) is 4.79 Å². The number of hydrogen-bond acceptors (Lipinski definition) is 13. The Labute approximate surface area is 501 Å². The minimum Gasteiger partial charge on any atom is -0.493 e. The average Bonchev–Trinajstić information content (AvgIpc) is 2.56. The topological polar surface area (TPSA) is 215 Å². The third kappa shape index (κ3) is 21.4. The first kappa shape index (κ1) is 66.9. The minimum absolute atomic E-state index is 0.0199. The number of esters is 2. The zero-order valence-electron chi connectivity index (χ0n) is 49.0. The van der Waals surface area contributed by atoms with Crippen LogP contribution in [-0.4, -0.2) is 79.6 Å². The normalized spacial score (nSPS) is 12.1. The van der Waals surface area contributed by atoms with Gasteiger partial charge in [0.25, 0.3) is 0 Å². The second kappa shape index (κ2) is 33.5. The molecule has 6 aromatic rings. The fraction of sp³-hybridized carbons (Fsp3) is 0.354. The number of ether oxygens (including phenoxy) is 7. The Morgan fingerprint density at radius 3 is 1.39 bits per heavy atom. The number of nitrogens with one attached hydrogen (secondary N) is 4. The second-order valence-electron chi connectivity index (χ2n) is 21.0. The van der Waals surface area contributed by atoms with Crippen LogP contribution in [0.1, 0.15) is 101 Å². The molecule has 464 valence electrons. The van der Waals surface area contributed by atoms with Crippen molar-refractivity contribution in [1.82, 2.24) is 21.3 Å². The lowest BCUT2D eigenvalue weighted by molar-refractivity contribution is -0.149. The van der Waals surface area contributed by atoms with Gasteiger partial charge in [-0.15, -0.1) is 0 Å². The first-order valence-corrected chi connectivity index (χ1v) is 28.4. The van der Waals surface area contributed by atoms with Crippen molar-refractivity contribution in [3.8, 4) is 28.4 Å². The van der Waals surface area contributed by atoms with Crippen molar-refractivity contribution in [3.05, 3.63) is 184 Å². The van der Waals surface area contributed by atoms with Gasteiger partial charge in [0.2, 0.25) is 40.7 Å². The predicted octanol–water partition coefficient (Wildman–Crippen LogP) is 12.2. The first-order chi connectivity index (χ1) is 41.7. The van der Waals surface area contributed by atoms with E-state index < -0.39 is 101 Å². The number of carbonyl (C=O) groups is 6. The Balaban J connectivity index is 1.35. The molecule has 0 saturated carbocycles. The molecule has 0 heterocycles. The van der Waals surface area contributed by atoms with E-state index >= 15 is 0 Å². The summed E-state index contributed by atoms with van der Waals surface area (Å²) in [5, 5.41) is 10.3. The van der Waals surface area contributed by atoms with Crippen LogP contribution in [0, 0.1) is 29.1 Å². The molecule has 6 rings (SSSR count). The molecule has 4 amide bonds. The highest BCUT2D eigenvalue weighted by Crippen LogP contribution is 2.34. The first-order valence-electron chi connectivity index (χ1n) is 28.4. The highest BCUT2D eigenvalue weighted by atomic mass is 19.2. The lowest BCUT2D eigenvalue weighted by Crippen LogP contribution is -2.53. The zero-order chi connectivity index (χ0) is 62.9. The van der Waals surface area contributed by atoms with E-state index in [0.717, 1.165) is 12.0 Å². The van der Waals surface area contributed by atoms with Gasteiger partial charge in [-0.05, 0) is 110 Å². The molecule has 0 bridgehead atoms. The Kier molecular flexibility index (Phi) is 25.8. The van der Waals surface area contributed by atoms with Crippen LogP contribution in [-0.2, 0) is 66.0 Å². The number of halogens is 5. The smallest absolute Gasteiger partial charge is 0.408 e. The van der Waals surface area contributed by atoms with Crippen LogP contribution < -0.4 is 35.5 Å². The fourth-order valence-electron chi connectivity index (χ4n) is 8.44. The zero-order valence-corrected chi connectivity index (χ0v) is 49.0. The van der Waals surface area contributed by atoms with Gasteiger partial charge < -0.3 is 54.4 Å². The van der Waals surface area contributed by atoms with Crippen molar-refractivity contribution in [2.45, 2.75) is 130 Å². The summed E-state index contributed by atoms with van der Waals surface area (Å²) in [5.41, 5.74) is 2.47.